The van der Waals surface area contributed by atoms with Gasteiger partial charge in [-0.05, 0) is 25.0 Å². The highest BCUT2D eigenvalue weighted by molar-refractivity contribution is 5.79. The molecule has 2 rings (SSSR count). The van der Waals surface area contributed by atoms with Crippen molar-refractivity contribution < 1.29 is 9.18 Å². The maximum Gasteiger partial charge on any atom is 0.146 e. The van der Waals surface area contributed by atoms with Crippen LogP contribution in [0.1, 0.15) is 25.7 Å². The van der Waals surface area contributed by atoms with E-state index in [1.165, 1.54) is 6.07 Å². The number of benzene rings is 1. The third-order valence-electron chi connectivity index (χ3n) is 3.29. The molecule has 1 aromatic carbocycles. The van der Waals surface area contributed by atoms with Crippen molar-refractivity contribution in [1.82, 2.24) is 0 Å². The number of hydrogen-bond acceptors (Lipinski definition) is 2. The number of carbonyl (C=O) groups is 1. The topological polar surface area (TPSA) is 20.3 Å². The van der Waals surface area contributed by atoms with Gasteiger partial charge in [-0.1, -0.05) is 12.1 Å². The normalized spacial score (nSPS) is 17.5. The summed E-state index contributed by atoms with van der Waals surface area (Å²) in [5.74, 6) is 0.139. The van der Waals surface area contributed by atoms with Gasteiger partial charge in [-0.25, -0.2) is 4.39 Å². The predicted octanol–water partition coefficient (Wildman–Crippen LogP) is 2.77. The smallest absolute Gasteiger partial charge is 0.146 e. The van der Waals surface area contributed by atoms with E-state index in [-0.39, 0.29) is 11.9 Å². The molecule has 0 heterocycles. The maximum absolute atomic E-state index is 13.6. The highest BCUT2D eigenvalue weighted by Crippen LogP contribution is 2.26. The van der Waals surface area contributed by atoms with E-state index < -0.39 is 0 Å². The average molecular weight is 221 g/mol. The van der Waals surface area contributed by atoms with Gasteiger partial charge in [0, 0.05) is 25.9 Å². The highest BCUT2D eigenvalue weighted by Gasteiger charge is 2.23. The Hall–Kier alpha value is -1.38. The van der Waals surface area contributed by atoms with E-state index in [0.29, 0.717) is 24.3 Å². The molecule has 1 saturated carbocycles. The van der Waals surface area contributed by atoms with Crippen LogP contribution in [0.15, 0.2) is 24.3 Å². The summed E-state index contributed by atoms with van der Waals surface area (Å²) in [4.78, 5) is 13.1. The number of rotatable bonds is 2. The van der Waals surface area contributed by atoms with E-state index in [0.717, 1.165) is 12.8 Å². The molecule has 3 heteroatoms. The Bertz CT molecular complexity index is 381. The van der Waals surface area contributed by atoms with Crippen molar-refractivity contribution >= 4 is 11.5 Å². The van der Waals surface area contributed by atoms with Gasteiger partial charge in [0.15, 0.2) is 0 Å². The molecule has 1 aromatic rings. The first-order chi connectivity index (χ1) is 7.68. The van der Waals surface area contributed by atoms with Crippen LogP contribution in [0.3, 0.4) is 0 Å². The number of para-hydroxylation sites is 1. The van der Waals surface area contributed by atoms with Crippen LogP contribution >= 0.6 is 0 Å². The molecular formula is C13H16FNO. The second-order valence-electron chi connectivity index (χ2n) is 4.33. The van der Waals surface area contributed by atoms with Crippen molar-refractivity contribution in [3.05, 3.63) is 30.1 Å². The molecule has 0 unspecified atom stereocenters. The van der Waals surface area contributed by atoms with Gasteiger partial charge in [-0.15, -0.1) is 0 Å². The predicted molar refractivity (Wildman–Crippen MR) is 62.1 cm³/mol. The number of Topliss-reactive ketones (excluding diaryl/α,β-unsaturated/α-hetero) is 1. The highest BCUT2D eigenvalue weighted by atomic mass is 19.1. The number of ketones is 1. The molecule has 0 saturated heterocycles. The third kappa shape index (κ3) is 2.23. The van der Waals surface area contributed by atoms with Crippen molar-refractivity contribution in [2.45, 2.75) is 31.7 Å². The van der Waals surface area contributed by atoms with Gasteiger partial charge in [-0.3, -0.25) is 4.79 Å². The lowest BCUT2D eigenvalue weighted by Crippen LogP contribution is -2.35. The van der Waals surface area contributed by atoms with Crippen LogP contribution in [0.5, 0.6) is 0 Å². The van der Waals surface area contributed by atoms with Crippen LogP contribution in [0.4, 0.5) is 10.1 Å². The molecular weight excluding hydrogens is 205 g/mol. The van der Waals surface area contributed by atoms with Crippen LogP contribution < -0.4 is 4.90 Å². The summed E-state index contributed by atoms with van der Waals surface area (Å²) in [6, 6.07) is 7.07. The van der Waals surface area contributed by atoms with Gasteiger partial charge < -0.3 is 4.90 Å². The number of halogens is 1. The van der Waals surface area contributed by atoms with Gasteiger partial charge in [-0.2, -0.15) is 0 Å². The Balaban J connectivity index is 2.10. The van der Waals surface area contributed by atoms with E-state index in [1.807, 2.05) is 18.0 Å². The minimum absolute atomic E-state index is 0.193. The summed E-state index contributed by atoms with van der Waals surface area (Å²) in [6.07, 6.45) is 2.93. The van der Waals surface area contributed by atoms with Gasteiger partial charge in [0.25, 0.3) is 0 Å². The largest absolute Gasteiger partial charge is 0.369 e. The number of hydrogen-bond donors (Lipinski definition) is 0. The minimum Gasteiger partial charge on any atom is -0.369 e. The fourth-order valence-electron chi connectivity index (χ4n) is 2.25. The summed E-state index contributed by atoms with van der Waals surface area (Å²) in [6.45, 7) is 0. The van der Waals surface area contributed by atoms with E-state index >= 15 is 0 Å². The van der Waals surface area contributed by atoms with Gasteiger partial charge in [0.2, 0.25) is 0 Å². The summed E-state index contributed by atoms with van der Waals surface area (Å²) >= 11 is 0. The van der Waals surface area contributed by atoms with Gasteiger partial charge in [0.05, 0.1) is 5.69 Å². The third-order valence-corrected chi connectivity index (χ3v) is 3.29. The van der Waals surface area contributed by atoms with Gasteiger partial charge >= 0.3 is 0 Å². The molecule has 86 valence electrons. The Kier molecular flexibility index (Phi) is 3.22. The SMILES string of the molecule is CN(c1ccccc1F)C1CCC(=O)CC1. The first-order valence-electron chi connectivity index (χ1n) is 5.67. The van der Waals surface area contributed by atoms with E-state index in [4.69, 9.17) is 0 Å². The quantitative estimate of drug-likeness (QED) is 0.765. The lowest BCUT2D eigenvalue weighted by molar-refractivity contribution is -0.120. The zero-order valence-electron chi connectivity index (χ0n) is 9.45. The fraction of sp³-hybridized carbons (Fsp3) is 0.462. The molecule has 0 bridgehead atoms. The van der Waals surface area contributed by atoms with Crippen LogP contribution in [-0.2, 0) is 4.79 Å². The second-order valence-corrected chi connectivity index (χ2v) is 4.33. The number of anilines is 1. The summed E-state index contributed by atoms with van der Waals surface area (Å²) in [7, 11) is 1.90. The van der Waals surface area contributed by atoms with Gasteiger partial charge in [0.1, 0.15) is 11.6 Å². The van der Waals surface area contributed by atoms with Crippen LogP contribution in [0, 0.1) is 5.82 Å². The fourth-order valence-corrected chi connectivity index (χ4v) is 2.25. The van der Waals surface area contributed by atoms with Crippen LogP contribution in [0.2, 0.25) is 0 Å². The molecule has 0 amide bonds. The average Bonchev–Trinajstić information content (AvgIpc) is 2.30. The van der Waals surface area contributed by atoms with Crippen molar-refractivity contribution in [2.24, 2.45) is 0 Å². The minimum atomic E-state index is -0.193. The molecule has 0 aliphatic heterocycles. The van der Waals surface area contributed by atoms with E-state index in [2.05, 4.69) is 0 Å². The monoisotopic (exact) mass is 221 g/mol. The Morgan fingerprint density at radius 2 is 1.88 bits per heavy atom. The standard InChI is InChI=1S/C13H16FNO/c1-15(10-6-8-11(16)9-7-10)13-5-3-2-4-12(13)14/h2-5,10H,6-9H2,1H3. The summed E-state index contributed by atoms with van der Waals surface area (Å²) in [5, 5.41) is 0. The molecule has 0 N–H and O–H groups in total. The van der Waals surface area contributed by atoms with Crippen LogP contribution in [0.25, 0.3) is 0 Å². The lowest BCUT2D eigenvalue weighted by Gasteiger charge is -2.32. The first kappa shape index (κ1) is 11.1. The lowest BCUT2D eigenvalue weighted by atomic mass is 9.93. The molecule has 1 aliphatic carbocycles. The Morgan fingerprint density at radius 1 is 1.25 bits per heavy atom. The van der Waals surface area contributed by atoms with Crippen molar-refractivity contribution in [3.63, 3.8) is 0 Å². The van der Waals surface area contributed by atoms with E-state index in [1.54, 1.807) is 12.1 Å². The molecule has 0 aromatic heterocycles. The molecule has 2 nitrogen and oxygen atoms in total. The second kappa shape index (κ2) is 4.64. The molecule has 0 radical (unpaired) electrons. The molecule has 1 fully saturated rings. The van der Waals surface area contributed by atoms with Crippen molar-refractivity contribution in [3.8, 4) is 0 Å². The van der Waals surface area contributed by atoms with Crippen molar-refractivity contribution in [1.29, 1.82) is 0 Å². The maximum atomic E-state index is 13.6. The number of carbonyl (C=O) groups excluding carboxylic acids is 1. The zero-order valence-corrected chi connectivity index (χ0v) is 9.45. The van der Waals surface area contributed by atoms with E-state index in [9.17, 15) is 9.18 Å². The van der Waals surface area contributed by atoms with Crippen molar-refractivity contribution in [2.75, 3.05) is 11.9 Å². The molecule has 0 atom stereocenters. The summed E-state index contributed by atoms with van der Waals surface area (Å²) < 4.78 is 13.6. The molecule has 1 aliphatic rings. The number of nitrogens with zero attached hydrogens (tertiary/aromatic N) is 1. The zero-order chi connectivity index (χ0) is 11.5. The Morgan fingerprint density at radius 3 is 2.50 bits per heavy atom. The first-order valence-corrected chi connectivity index (χ1v) is 5.67. The van der Waals surface area contributed by atoms with Crippen LogP contribution in [-0.4, -0.2) is 18.9 Å². The Labute approximate surface area is 95.1 Å². The molecule has 0 spiro atoms. The molecule has 16 heavy (non-hydrogen) atoms. The summed E-state index contributed by atoms with van der Waals surface area (Å²) in [5.41, 5.74) is 0.627.